The van der Waals surface area contributed by atoms with Crippen molar-refractivity contribution in [2.45, 2.75) is 19.4 Å². The van der Waals surface area contributed by atoms with Gasteiger partial charge >= 0.3 is 0 Å². The van der Waals surface area contributed by atoms with Crippen molar-refractivity contribution in [2.24, 2.45) is 0 Å². The van der Waals surface area contributed by atoms with E-state index in [1.807, 2.05) is 18.5 Å². The molecule has 15 heavy (non-hydrogen) atoms. The molecular weight excluding hydrogens is 186 g/mol. The van der Waals surface area contributed by atoms with E-state index >= 15 is 0 Å². The predicted molar refractivity (Wildman–Crippen MR) is 61.1 cm³/mol. The van der Waals surface area contributed by atoms with Crippen LogP contribution in [-0.4, -0.2) is 29.6 Å². The third kappa shape index (κ3) is 2.76. The number of hydrogen-bond acceptors (Lipinski definition) is 3. The molecule has 1 unspecified atom stereocenters. The van der Waals surface area contributed by atoms with Gasteiger partial charge in [-0.2, -0.15) is 0 Å². The summed E-state index contributed by atoms with van der Waals surface area (Å²) in [6.45, 7) is 5.36. The van der Waals surface area contributed by atoms with Crippen molar-refractivity contribution in [3.8, 4) is 0 Å². The van der Waals surface area contributed by atoms with Gasteiger partial charge in [0.05, 0.1) is 0 Å². The highest BCUT2D eigenvalue weighted by Gasteiger charge is 2.22. The van der Waals surface area contributed by atoms with Crippen molar-refractivity contribution in [1.82, 2.24) is 15.2 Å². The number of unbranched alkanes of at least 4 members (excludes halogenated alkanes) is 1. The number of hydrogen-bond donors (Lipinski definition) is 1. The van der Waals surface area contributed by atoms with E-state index in [-0.39, 0.29) is 0 Å². The summed E-state index contributed by atoms with van der Waals surface area (Å²) in [5, 5.41) is 3.50. The molecule has 1 aromatic heterocycles. The molecule has 81 valence electrons. The summed E-state index contributed by atoms with van der Waals surface area (Å²) in [4.78, 5) is 6.59. The third-order valence-electron chi connectivity index (χ3n) is 2.82. The zero-order valence-corrected chi connectivity index (χ0v) is 9.19. The lowest BCUT2D eigenvalue weighted by molar-refractivity contribution is 0.334. The number of nitrogens with one attached hydrogen (secondary N) is 1. The zero-order chi connectivity index (χ0) is 10.5. The van der Waals surface area contributed by atoms with E-state index < -0.39 is 0 Å². The highest BCUT2D eigenvalue weighted by Crippen LogP contribution is 2.17. The van der Waals surface area contributed by atoms with Gasteiger partial charge in [-0.3, -0.25) is 15.2 Å². The molecule has 0 bridgehead atoms. The first-order chi connectivity index (χ1) is 7.40. The summed E-state index contributed by atoms with van der Waals surface area (Å²) < 4.78 is 0. The van der Waals surface area contributed by atoms with Gasteiger partial charge in [-0.15, -0.1) is 0 Å². The molecule has 0 aliphatic carbocycles. The van der Waals surface area contributed by atoms with Gasteiger partial charge < -0.3 is 0 Å². The SMILES string of the molecule is C[CH]CCN1CNC(c2cccnc2)C1. The van der Waals surface area contributed by atoms with Crippen LogP contribution in [0.25, 0.3) is 0 Å². The lowest BCUT2D eigenvalue weighted by Crippen LogP contribution is -2.22. The minimum Gasteiger partial charge on any atom is -0.296 e. The summed E-state index contributed by atoms with van der Waals surface area (Å²) in [6, 6.07) is 4.59. The van der Waals surface area contributed by atoms with E-state index in [2.05, 4.69) is 34.6 Å². The van der Waals surface area contributed by atoms with Gasteiger partial charge in [-0.1, -0.05) is 13.0 Å². The summed E-state index contributed by atoms with van der Waals surface area (Å²) in [5.74, 6) is 0. The first-order valence-corrected chi connectivity index (χ1v) is 5.53. The fraction of sp³-hybridized carbons (Fsp3) is 0.500. The van der Waals surface area contributed by atoms with Crippen LogP contribution in [-0.2, 0) is 0 Å². The summed E-state index contributed by atoms with van der Waals surface area (Å²) in [5.41, 5.74) is 1.29. The lowest BCUT2D eigenvalue weighted by atomic mass is 10.1. The van der Waals surface area contributed by atoms with Crippen molar-refractivity contribution in [2.75, 3.05) is 19.8 Å². The second-order valence-corrected chi connectivity index (χ2v) is 3.98. The van der Waals surface area contributed by atoms with E-state index in [1.165, 1.54) is 12.0 Å². The topological polar surface area (TPSA) is 28.2 Å². The van der Waals surface area contributed by atoms with Gasteiger partial charge in [0.2, 0.25) is 0 Å². The first-order valence-electron chi connectivity index (χ1n) is 5.53. The summed E-state index contributed by atoms with van der Waals surface area (Å²) >= 11 is 0. The molecule has 0 amide bonds. The summed E-state index contributed by atoms with van der Waals surface area (Å²) in [6.07, 6.45) is 7.16. The Bertz CT molecular complexity index is 286. The minimum atomic E-state index is 0.454. The van der Waals surface area contributed by atoms with Crippen molar-refractivity contribution < 1.29 is 0 Å². The fourth-order valence-electron chi connectivity index (χ4n) is 1.91. The molecule has 0 aromatic carbocycles. The molecule has 1 N–H and O–H groups in total. The zero-order valence-electron chi connectivity index (χ0n) is 9.19. The molecule has 1 saturated heterocycles. The number of aromatic nitrogens is 1. The van der Waals surface area contributed by atoms with Crippen LogP contribution in [0.15, 0.2) is 24.5 Å². The molecule has 1 atom stereocenters. The van der Waals surface area contributed by atoms with Crippen molar-refractivity contribution in [3.05, 3.63) is 36.5 Å². The Balaban J connectivity index is 1.87. The lowest BCUT2D eigenvalue weighted by Gasteiger charge is -2.13. The van der Waals surface area contributed by atoms with E-state index in [1.54, 1.807) is 0 Å². The third-order valence-corrected chi connectivity index (χ3v) is 2.82. The van der Waals surface area contributed by atoms with E-state index in [4.69, 9.17) is 0 Å². The van der Waals surface area contributed by atoms with Crippen LogP contribution in [0.2, 0.25) is 0 Å². The highest BCUT2D eigenvalue weighted by molar-refractivity contribution is 5.15. The van der Waals surface area contributed by atoms with Crippen molar-refractivity contribution in [1.29, 1.82) is 0 Å². The van der Waals surface area contributed by atoms with Crippen LogP contribution in [0.1, 0.15) is 24.9 Å². The Morgan fingerprint density at radius 2 is 2.60 bits per heavy atom. The molecule has 1 fully saturated rings. The molecule has 3 nitrogen and oxygen atoms in total. The normalized spacial score (nSPS) is 22.1. The van der Waals surface area contributed by atoms with Gasteiger partial charge in [0, 0.05) is 31.6 Å². The van der Waals surface area contributed by atoms with Crippen molar-refractivity contribution in [3.63, 3.8) is 0 Å². The monoisotopic (exact) mass is 204 g/mol. The second kappa shape index (κ2) is 5.24. The van der Waals surface area contributed by atoms with Gasteiger partial charge in [-0.25, -0.2) is 0 Å². The standard InChI is InChI=1S/C12H18N3/c1-2-3-7-15-9-12(14-10-15)11-5-4-6-13-8-11/h2,4-6,8,12,14H,3,7,9-10H2,1H3. The molecule has 2 rings (SSSR count). The molecule has 1 radical (unpaired) electrons. The van der Waals surface area contributed by atoms with Crippen LogP contribution in [0.5, 0.6) is 0 Å². The molecule has 1 aromatic rings. The van der Waals surface area contributed by atoms with E-state index in [0.717, 1.165) is 19.8 Å². The molecule has 1 aliphatic rings. The van der Waals surface area contributed by atoms with Gasteiger partial charge in [0.25, 0.3) is 0 Å². The van der Waals surface area contributed by atoms with Crippen LogP contribution >= 0.6 is 0 Å². The maximum Gasteiger partial charge on any atom is 0.0486 e. The van der Waals surface area contributed by atoms with Gasteiger partial charge in [0.1, 0.15) is 0 Å². The molecule has 0 saturated carbocycles. The Labute approximate surface area is 91.5 Å². The average Bonchev–Trinajstić information content (AvgIpc) is 2.76. The molecular formula is C12H18N3. The number of pyridine rings is 1. The maximum atomic E-state index is 4.15. The Kier molecular flexibility index (Phi) is 3.69. The molecule has 1 aliphatic heterocycles. The van der Waals surface area contributed by atoms with Crippen LogP contribution in [0.3, 0.4) is 0 Å². The minimum absolute atomic E-state index is 0.454. The second-order valence-electron chi connectivity index (χ2n) is 3.98. The highest BCUT2D eigenvalue weighted by atomic mass is 15.3. The van der Waals surface area contributed by atoms with Crippen LogP contribution in [0.4, 0.5) is 0 Å². The van der Waals surface area contributed by atoms with Crippen LogP contribution < -0.4 is 5.32 Å². The Morgan fingerprint density at radius 1 is 1.67 bits per heavy atom. The molecule has 0 spiro atoms. The van der Waals surface area contributed by atoms with E-state index in [0.29, 0.717) is 6.04 Å². The quantitative estimate of drug-likeness (QED) is 0.807. The summed E-state index contributed by atoms with van der Waals surface area (Å²) in [7, 11) is 0. The Morgan fingerprint density at radius 3 is 3.33 bits per heavy atom. The predicted octanol–water partition coefficient (Wildman–Crippen LogP) is 1.60. The molecule has 3 heteroatoms. The van der Waals surface area contributed by atoms with Crippen molar-refractivity contribution >= 4 is 0 Å². The average molecular weight is 204 g/mol. The van der Waals surface area contributed by atoms with Gasteiger partial charge in [0.15, 0.2) is 0 Å². The number of rotatable bonds is 4. The first kappa shape index (κ1) is 10.6. The molecule has 2 heterocycles. The smallest absolute Gasteiger partial charge is 0.0486 e. The fourth-order valence-corrected chi connectivity index (χ4v) is 1.91. The Hall–Kier alpha value is -0.930. The van der Waals surface area contributed by atoms with Crippen LogP contribution in [0, 0.1) is 6.42 Å². The largest absolute Gasteiger partial charge is 0.296 e. The number of nitrogens with zero attached hydrogens (tertiary/aromatic N) is 2. The maximum absolute atomic E-state index is 4.15. The van der Waals surface area contributed by atoms with Gasteiger partial charge in [-0.05, 0) is 31.0 Å². The van der Waals surface area contributed by atoms with E-state index in [9.17, 15) is 0 Å².